The minimum atomic E-state index is -1.07. The van der Waals surface area contributed by atoms with E-state index in [0.29, 0.717) is 13.2 Å². The topological polar surface area (TPSA) is 76.1 Å². The average Bonchev–Trinajstić information content (AvgIpc) is 3.02. The zero-order valence-corrected chi connectivity index (χ0v) is 9.35. The Morgan fingerprint density at radius 1 is 1.38 bits per heavy atom. The third-order valence-electron chi connectivity index (χ3n) is 2.30. The predicted molar refractivity (Wildman–Crippen MR) is 55.1 cm³/mol. The first kappa shape index (κ1) is 12.9. The largest absolute Gasteiger partial charge is 0.480 e. The van der Waals surface area contributed by atoms with E-state index in [2.05, 4.69) is 0 Å². The van der Waals surface area contributed by atoms with Crippen LogP contribution in [0.1, 0.15) is 12.8 Å². The number of methoxy groups -OCH3 is 1. The second-order valence-corrected chi connectivity index (χ2v) is 3.70. The van der Waals surface area contributed by atoms with Crippen LogP contribution in [0.3, 0.4) is 0 Å². The van der Waals surface area contributed by atoms with Gasteiger partial charge in [0, 0.05) is 19.7 Å². The van der Waals surface area contributed by atoms with Gasteiger partial charge in [-0.05, 0) is 12.8 Å². The smallest absolute Gasteiger partial charge is 0.329 e. The first-order chi connectivity index (χ1) is 7.65. The number of carboxylic acid groups (broad SMARTS) is 1. The Morgan fingerprint density at radius 3 is 2.56 bits per heavy atom. The van der Waals surface area contributed by atoms with Crippen LogP contribution in [0.25, 0.3) is 0 Å². The minimum Gasteiger partial charge on any atom is -0.480 e. The van der Waals surface area contributed by atoms with Crippen LogP contribution in [0.2, 0.25) is 0 Å². The molecule has 0 saturated heterocycles. The monoisotopic (exact) mass is 231 g/mol. The molecule has 6 heteroatoms. The van der Waals surface area contributed by atoms with Crippen molar-refractivity contribution in [1.82, 2.24) is 4.90 Å². The van der Waals surface area contributed by atoms with Crippen LogP contribution in [0, 0.1) is 0 Å². The number of amides is 1. The molecule has 6 nitrogen and oxygen atoms in total. The van der Waals surface area contributed by atoms with Crippen molar-refractivity contribution in [3.8, 4) is 0 Å². The van der Waals surface area contributed by atoms with Crippen LogP contribution < -0.4 is 0 Å². The van der Waals surface area contributed by atoms with Crippen LogP contribution >= 0.6 is 0 Å². The molecule has 0 radical (unpaired) electrons. The molecule has 0 atom stereocenters. The lowest BCUT2D eigenvalue weighted by Crippen LogP contribution is -2.38. The average molecular weight is 231 g/mol. The van der Waals surface area contributed by atoms with Gasteiger partial charge in [0.15, 0.2) is 0 Å². The molecule has 0 aromatic heterocycles. The van der Waals surface area contributed by atoms with Crippen molar-refractivity contribution in [2.24, 2.45) is 0 Å². The fourth-order valence-electron chi connectivity index (χ4n) is 1.40. The highest BCUT2D eigenvalue weighted by Gasteiger charge is 2.32. The number of carboxylic acids is 1. The molecule has 0 spiro atoms. The van der Waals surface area contributed by atoms with Gasteiger partial charge in [-0.3, -0.25) is 4.79 Å². The molecule has 1 N–H and O–H groups in total. The summed E-state index contributed by atoms with van der Waals surface area (Å²) < 4.78 is 9.68. The summed E-state index contributed by atoms with van der Waals surface area (Å²) in [5, 5.41) is 8.36. The van der Waals surface area contributed by atoms with Crippen LogP contribution in [0.15, 0.2) is 0 Å². The highest BCUT2D eigenvalue weighted by molar-refractivity contribution is 5.78. The summed E-state index contributed by atoms with van der Waals surface area (Å²) in [7, 11) is 1.58. The molecule has 1 aliphatic rings. The molecule has 1 amide bonds. The Bertz CT molecular complexity index is 252. The van der Waals surface area contributed by atoms with E-state index in [-0.39, 0.29) is 18.6 Å². The Kier molecular flexibility index (Phi) is 5.21. The Morgan fingerprint density at radius 2 is 2.06 bits per heavy atom. The molecule has 0 heterocycles. The van der Waals surface area contributed by atoms with Gasteiger partial charge in [0.2, 0.25) is 5.91 Å². The molecule has 0 aromatic rings. The van der Waals surface area contributed by atoms with Crippen molar-refractivity contribution in [2.75, 3.05) is 33.5 Å². The van der Waals surface area contributed by atoms with Gasteiger partial charge in [-0.1, -0.05) is 0 Å². The zero-order chi connectivity index (χ0) is 12.0. The SMILES string of the molecule is COCCN(C(=O)COCC(=O)O)C1CC1. The number of hydrogen-bond acceptors (Lipinski definition) is 4. The molecular formula is C10H17NO5. The van der Waals surface area contributed by atoms with Crippen molar-refractivity contribution in [2.45, 2.75) is 18.9 Å². The fraction of sp³-hybridized carbons (Fsp3) is 0.800. The number of carbonyl (C=O) groups excluding carboxylic acids is 1. The van der Waals surface area contributed by atoms with Crippen molar-refractivity contribution in [3.63, 3.8) is 0 Å². The highest BCUT2D eigenvalue weighted by Crippen LogP contribution is 2.26. The number of carbonyl (C=O) groups is 2. The number of hydrogen-bond donors (Lipinski definition) is 1. The standard InChI is InChI=1S/C10H17NO5/c1-15-5-4-11(8-2-3-8)9(12)6-16-7-10(13)14/h8H,2-7H2,1H3,(H,13,14). The predicted octanol–water partition coefficient (Wildman–Crippen LogP) is -0.275. The summed E-state index contributed by atoms with van der Waals surface area (Å²) >= 11 is 0. The first-order valence-corrected chi connectivity index (χ1v) is 5.23. The van der Waals surface area contributed by atoms with E-state index >= 15 is 0 Å². The minimum absolute atomic E-state index is 0.166. The Labute approximate surface area is 94.1 Å². The molecular weight excluding hydrogens is 214 g/mol. The lowest BCUT2D eigenvalue weighted by Gasteiger charge is -2.21. The zero-order valence-electron chi connectivity index (χ0n) is 9.35. The van der Waals surface area contributed by atoms with Crippen molar-refractivity contribution >= 4 is 11.9 Å². The second-order valence-electron chi connectivity index (χ2n) is 3.70. The molecule has 0 aromatic carbocycles. The highest BCUT2D eigenvalue weighted by atomic mass is 16.5. The number of nitrogens with zero attached hydrogens (tertiary/aromatic N) is 1. The lowest BCUT2D eigenvalue weighted by molar-refractivity contribution is -0.146. The van der Waals surface area contributed by atoms with Crippen molar-refractivity contribution in [1.29, 1.82) is 0 Å². The third kappa shape index (κ3) is 4.59. The van der Waals surface area contributed by atoms with E-state index in [1.54, 1.807) is 12.0 Å². The van der Waals surface area contributed by atoms with Gasteiger partial charge >= 0.3 is 5.97 Å². The van der Waals surface area contributed by atoms with Crippen LogP contribution in [-0.4, -0.2) is 61.4 Å². The summed E-state index contributed by atoms with van der Waals surface area (Å²) in [6.07, 6.45) is 2.02. The summed E-state index contributed by atoms with van der Waals surface area (Å²) in [5.74, 6) is -1.23. The van der Waals surface area contributed by atoms with E-state index < -0.39 is 12.6 Å². The van der Waals surface area contributed by atoms with E-state index in [4.69, 9.17) is 14.6 Å². The quantitative estimate of drug-likeness (QED) is 0.622. The molecule has 0 bridgehead atoms. The Balaban J connectivity index is 2.26. The molecule has 1 aliphatic carbocycles. The number of aliphatic carboxylic acids is 1. The number of rotatable bonds is 8. The van der Waals surface area contributed by atoms with Crippen molar-refractivity contribution < 1.29 is 24.2 Å². The van der Waals surface area contributed by atoms with Gasteiger partial charge in [-0.15, -0.1) is 0 Å². The second kappa shape index (κ2) is 6.44. The van der Waals surface area contributed by atoms with E-state index in [0.717, 1.165) is 12.8 Å². The lowest BCUT2D eigenvalue weighted by atomic mass is 10.4. The molecule has 16 heavy (non-hydrogen) atoms. The summed E-state index contributed by atoms with van der Waals surface area (Å²) in [5.41, 5.74) is 0. The Hall–Kier alpha value is -1.14. The van der Waals surface area contributed by atoms with Crippen LogP contribution in [0.5, 0.6) is 0 Å². The van der Waals surface area contributed by atoms with Crippen LogP contribution in [-0.2, 0) is 19.1 Å². The molecule has 0 aliphatic heterocycles. The summed E-state index contributed by atoms with van der Waals surface area (Å²) in [4.78, 5) is 23.6. The maximum atomic E-state index is 11.7. The molecule has 92 valence electrons. The van der Waals surface area contributed by atoms with E-state index in [9.17, 15) is 9.59 Å². The normalized spacial score (nSPS) is 14.8. The van der Waals surface area contributed by atoms with Gasteiger partial charge in [-0.25, -0.2) is 4.79 Å². The third-order valence-corrected chi connectivity index (χ3v) is 2.30. The van der Waals surface area contributed by atoms with E-state index in [1.807, 2.05) is 0 Å². The maximum Gasteiger partial charge on any atom is 0.329 e. The van der Waals surface area contributed by atoms with Gasteiger partial charge in [0.1, 0.15) is 13.2 Å². The van der Waals surface area contributed by atoms with Gasteiger partial charge in [0.05, 0.1) is 6.61 Å². The molecule has 1 rings (SSSR count). The maximum absolute atomic E-state index is 11.7. The molecule has 1 saturated carbocycles. The van der Waals surface area contributed by atoms with Gasteiger partial charge in [0.25, 0.3) is 0 Å². The van der Waals surface area contributed by atoms with Gasteiger partial charge in [-0.2, -0.15) is 0 Å². The van der Waals surface area contributed by atoms with E-state index in [1.165, 1.54) is 0 Å². The number of ether oxygens (including phenoxy) is 2. The summed E-state index contributed by atoms with van der Waals surface area (Å²) in [6.45, 7) is 0.415. The van der Waals surface area contributed by atoms with Crippen LogP contribution in [0.4, 0.5) is 0 Å². The fourth-order valence-corrected chi connectivity index (χ4v) is 1.40. The summed E-state index contributed by atoms with van der Waals surface area (Å²) in [6, 6.07) is 0.288. The first-order valence-electron chi connectivity index (χ1n) is 5.23. The molecule has 0 unspecified atom stereocenters. The molecule has 1 fully saturated rings. The van der Waals surface area contributed by atoms with Crippen molar-refractivity contribution in [3.05, 3.63) is 0 Å². The van der Waals surface area contributed by atoms with Gasteiger partial charge < -0.3 is 19.5 Å².